The van der Waals surface area contributed by atoms with Crippen LogP contribution in [0.1, 0.15) is 40.3 Å². The molecule has 0 saturated heterocycles. The molecule has 146 valence electrons. The molecule has 3 aromatic rings. The molecule has 5 nitrogen and oxygen atoms in total. The summed E-state index contributed by atoms with van der Waals surface area (Å²) >= 11 is 6.23. The van der Waals surface area contributed by atoms with Gasteiger partial charge < -0.3 is 9.64 Å². The van der Waals surface area contributed by atoms with Crippen molar-refractivity contribution in [1.82, 2.24) is 14.7 Å². The third-order valence-corrected chi connectivity index (χ3v) is 5.60. The van der Waals surface area contributed by atoms with Crippen molar-refractivity contribution >= 4 is 17.5 Å². The smallest absolute Gasteiger partial charge is 0.254 e. The van der Waals surface area contributed by atoms with Gasteiger partial charge in [-0.1, -0.05) is 29.8 Å². The Kier molecular flexibility index (Phi) is 5.75. The molecule has 3 rings (SSSR count). The van der Waals surface area contributed by atoms with Gasteiger partial charge in [0.15, 0.2) is 0 Å². The van der Waals surface area contributed by atoms with Crippen molar-refractivity contribution in [2.24, 2.45) is 0 Å². The van der Waals surface area contributed by atoms with Gasteiger partial charge in [-0.2, -0.15) is 5.10 Å². The van der Waals surface area contributed by atoms with Crippen molar-refractivity contribution in [3.63, 3.8) is 0 Å². The molecule has 0 spiro atoms. The van der Waals surface area contributed by atoms with Crippen LogP contribution in [0.15, 0.2) is 48.5 Å². The number of methoxy groups -OCH3 is 1. The molecule has 1 heterocycles. The van der Waals surface area contributed by atoms with Crippen molar-refractivity contribution in [3.8, 4) is 11.4 Å². The maximum Gasteiger partial charge on any atom is 0.254 e. The Balaban J connectivity index is 1.83. The highest BCUT2D eigenvalue weighted by atomic mass is 35.5. The lowest BCUT2D eigenvalue weighted by Crippen LogP contribution is -2.29. The van der Waals surface area contributed by atoms with Gasteiger partial charge in [0, 0.05) is 18.2 Å². The SMILES string of the molecule is COc1ccccc1C(C)N(C)C(=O)c1ccc(-n2nc(C)c(Cl)c2C)cc1. The third kappa shape index (κ3) is 3.62. The van der Waals surface area contributed by atoms with E-state index in [0.29, 0.717) is 10.6 Å². The van der Waals surface area contributed by atoms with E-state index in [1.54, 1.807) is 23.7 Å². The van der Waals surface area contributed by atoms with Gasteiger partial charge in [-0.25, -0.2) is 4.68 Å². The number of rotatable bonds is 5. The van der Waals surface area contributed by atoms with Gasteiger partial charge in [0.05, 0.1) is 35.2 Å². The first-order valence-electron chi connectivity index (χ1n) is 9.07. The molecule has 0 aliphatic rings. The first-order valence-corrected chi connectivity index (χ1v) is 9.45. The van der Waals surface area contributed by atoms with E-state index in [4.69, 9.17) is 16.3 Å². The van der Waals surface area contributed by atoms with Crippen LogP contribution in [0.2, 0.25) is 5.02 Å². The average molecular weight is 398 g/mol. The number of hydrogen-bond acceptors (Lipinski definition) is 3. The Labute approximate surface area is 170 Å². The lowest BCUT2D eigenvalue weighted by atomic mass is 10.0. The van der Waals surface area contributed by atoms with Gasteiger partial charge in [-0.3, -0.25) is 4.79 Å². The maximum absolute atomic E-state index is 13.0. The number of amides is 1. The minimum absolute atomic E-state index is 0.0589. The molecule has 1 aromatic heterocycles. The molecule has 0 N–H and O–H groups in total. The Hall–Kier alpha value is -2.79. The van der Waals surface area contributed by atoms with Gasteiger partial charge >= 0.3 is 0 Å². The third-order valence-electron chi connectivity index (χ3n) is 5.05. The summed E-state index contributed by atoms with van der Waals surface area (Å²) in [5.41, 5.74) is 4.10. The van der Waals surface area contributed by atoms with Crippen LogP contribution < -0.4 is 4.74 Å². The molecular formula is C22H24ClN3O2. The van der Waals surface area contributed by atoms with E-state index in [9.17, 15) is 4.79 Å². The standard InChI is InChI=1S/C22H24ClN3O2/c1-14-21(23)16(3)26(24-14)18-12-10-17(11-13-18)22(27)25(4)15(2)19-8-6-7-9-20(19)28-5/h6-13,15H,1-5H3. The van der Waals surface area contributed by atoms with E-state index in [-0.39, 0.29) is 11.9 Å². The second-order valence-corrected chi connectivity index (χ2v) is 7.16. The van der Waals surface area contributed by atoms with Crippen LogP contribution in [0.3, 0.4) is 0 Å². The van der Waals surface area contributed by atoms with E-state index in [0.717, 1.165) is 28.4 Å². The summed E-state index contributed by atoms with van der Waals surface area (Å²) in [4.78, 5) is 14.7. The summed E-state index contributed by atoms with van der Waals surface area (Å²) in [5.74, 6) is 0.711. The number of para-hydroxylation sites is 1. The zero-order chi connectivity index (χ0) is 20.4. The van der Waals surface area contributed by atoms with Crippen LogP contribution in [-0.4, -0.2) is 34.7 Å². The minimum atomic E-state index is -0.127. The van der Waals surface area contributed by atoms with Crippen LogP contribution in [0.25, 0.3) is 5.69 Å². The van der Waals surface area contributed by atoms with Crippen LogP contribution >= 0.6 is 11.6 Å². The fourth-order valence-corrected chi connectivity index (χ4v) is 3.34. The summed E-state index contributed by atoms with van der Waals surface area (Å²) in [6.07, 6.45) is 0. The van der Waals surface area contributed by atoms with Gasteiger partial charge in [-0.15, -0.1) is 0 Å². The van der Waals surface area contributed by atoms with Crippen molar-refractivity contribution in [3.05, 3.63) is 76.1 Å². The zero-order valence-electron chi connectivity index (χ0n) is 16.7. The summed E-state index contributed by atoms with van der Waals surface area (Å²) < 4.78 is 7.22. The first-order chi connectivity index (χ1) is 13.3. The van der Waals surface area contributed by atoms with Gasteiger partial charge in [0.1, 0.15) is 5.75 Å². The van der Waals surface area contributed by atoms with Crippen molar-refractivity contribution < 1.29 is 9.53 Å². The van der Waals surface area contributed by atoms with Crippen LogP contribution in [0.5, 0.6) is 5.75 Å². The van der Waals surface area contributed by atoms with E-state index in [2.05, 4.69) is 5.10 Å². The summed E-state index contributed by atoms with van der Waals surface area (Å²) in [6, 6.07) is 15.0. The predicted molar refractivity (Wildman–Crippen MR) is 112 cm³/mol. The molecule has 1 amide bonds. The largest absolute Gasteiger partial charge is 0.496 e. The molecule has 28 heavy (non-hydrogen) atoms. The zero-order valence-corrected chi connectivity index (χ0v) is 17.5. The number of aryl methyl sites for hydroxylation is 1. The quantitative estimate of drug-likeness (QED) is 0.609. The highest BCUT2D eigenvalue weighted by Gasteiger charge is 2.21. The van der Waals surface area contributed by atoms with E-state index >= 15 is 0 Å². The summed E-state index contributed by atoms with van der Waals surface area (Å²) in [5, 5.41) is 5.11. The Morgan fingerprint density at radius 3 is 2.36 bits per heavy atom. The molecule has 0 radical (unpaired) electrons. The Bertz CT molecular complexity index is 996. The van der Waals surface area contributed by atoms with Crippen molar-refractivity contribution in [2.75, 3.05) is 14.2 Å². The van der Waals surface area contributed by atoms with Gasteiger partial charge in [0.25, 0.3) is 5.91 Å². The molecule has 0 bridgehead atoms. The highest BCUT2D eigenvalue weighted by Crippen LogP contribution is 2.29. The molecular weight excluding hydrogens is 374 g/mol. The highest BCUT2D eigenvalue weighted by molar-refractivity contribution is 6.31. The average Bonchev–Trinajstić information content (AvgIpc) is 2.99. The number of nitrogens with zero attached hydrogens (tertiary/aromatic N) is 3. The van der Waals surface area contributed by atoms with Gasteiger partial charge in [-0.05, 0) is 51.1 Å². The lowest BCUT2D eigenvalue weighted by molar-refractivity contribution is 0.0741. The van der Waals surface area contributed by atoms with Gasteiger partial charge in [0.2, 0.25) is 0 Å². The van der Waals surface area contributed by atoms with Crippen LogP contribution in [0.4, 0.5) is 0 Å². The number of benzene rings is 2. The fraction of sp³-hybridized carbons (Fsp3) is 0.273. The normalized spacial score (nSPS) is 11.9. The maximum atomic E-state index is 13.0. The van der Waals surface area contributed by atoms with E-state index in [1.165, 1.54) is 0 Å². The second-order valence-electron chi connectivity index (χ2n) is 6.78. The molecule has 1 atom stereocenters. The van der Waals surface area contributed by atoms with Crippen LogP contribution in [-0.2, 0) is 0 Å². The molecule has 1 unspecified atom stereocenters. The molecule has 6 heteroatoms. The first kappa shape index (κ1) is 20.0. The van der Waals surface area contributed by atoms with Crippen molar-refractivity contribution in [2.45, 2.75) is 26.8 Å². The summed E-state index contributed by atoms with van der Waals surface area (Å²) in [7, 11) is 3.44. The number of carbonyl (C=O) groups excluding carboxylic acids is 1. The fourth-order valence-electron chi connectivity index (χ4n) is 3.22. The molecule has 0 fully saturated rings. The van der Waals surface area contributed by atoms with Crippen molar-refractivity contribution in [1.29, 1.82) is 0 Å². The second kappa shape index (κ2) is 8.07. The molecule has 2 aromatic carbocycles. The number of carbonyl (C=O) groups is 1. The number of ether oxygens (including phenoxy) is 1. The van der Waals surface area contributed by atoms with Crippen LogP contribution in [0, 0.1) is 13.8 Å². The Morgan fingerprint density at radius 1 is 1.14 bits per heavy atom. The monoisotopic (exact) mass is 397 g/mol. The number of aromatic nitrogens is 2. The van der Waals surface area contributed by atoms with E-state index < -0.39 is 0 Å². The molecule has 0 aliphatic carbocycles. The summed E-state index contributed by atoms with van der Waals surface area (Å²) in [6.45, 7) is 5.78. The lowest BCUT2D eigenvalue weighted by Gasteiger charge is -2.26. The topological polar surface area (TPSA) is 47.4 Å². The number of halogens is 1. The molecule has 0 saturated carbocycles. The minimum Gasteiger partial charge on any atom is -0.496 e. The van der Waals surface area contributed by atoms with E-state index in [1.807, 2.05) is 69.3 Å². The number of hydrogen-bond donors (Lipinski definition) is 0. The Morgan fingerprint density at radius 2 is 1.79 bits per heavy atom. The predicted octanol–water partition coefficient (Wildman–Crippen LogP) is 4.98. The molecule has 0 aliphatic heterocycles.